The number of hydrogen-bond donors (Lipinski definition) is 1. The van der Waals surface area contributed by atoms with Gasteiger partial charge in [0.25, 0.3) is 0 Å². The van der Waals surface area contributed by atoms with E-state index in [-0.39, 0.29) is 0 Å². The molecule has 0 saturated heterocycles. The van der Waals surface area contributed by atoms with Gasteiger partial charge in [-0.05, 0) is 35.9 Å². The molecule has 0 aliphatic rings. The maximum absolute atomic E-state index is 6.16. The Morgan fingerprint density at radius 3 is 2.60 bits per heavy atom. The van der Waals surface area contributed by atoms with Crippen LogP contribution in [0, 0.1) is 0 Å². The van der Waals surface area contributed by atoms with Gasteiger partial charge in [-0.1, -0.05) is 52.3 Å². The summed E-state index contributed by atoms with van der Waals surface area (Å²) < 4.78 is 6.41. The van der Waals surface area contributed by atoms with Crippen LogP contribution >= 0.6 is 27.5 Å². The van der Waals surface area contributed by atoms with Crippen molar-refractivity contribution in [3.8, 4) is 5.75 Å². The molecule has 2 nitrogen and oxygen atoms in total. The van der Waals surface area contributed by atoms with Crippen LogP contribution in [0.5, 0.6) is 5.75 Å². The largest absolute Gasteiger partial charge is 0.490 e. The number of hydrogen-bond acceptors (Lipinski definition) is 2. The first-order chi connectivity index (χ1) is 9.69. The van der Waals surface area contributed by atoms with Gasteiger partial charge >= 0.3 is 0 Å². The van der Waals surface area contributed by atoms with E-state index in [4.69, 9.17) is 16.3 Å². The first kappa shape index (κ1) is 14.9. The number of anilines is 1. The molecule has 0 radical (unpaired) electrons. The van der Waals surface area contributed by atoms with E-state index in [1.165, 1.54) is 0 Å². The molecule has 0 aliphatic heterocycles. The average molecular weight is 353 g/mol. The third-order valence-corrected chi connectivity index (χ3v) is 3.51. The minimum absolute atomic E-state index is 0.520. The van der Waals surface area contributed by atoms with Crippen LogP contribution in [-0.2, 0) is 6.54 Å². The predicted molar refractivity (Wildman–Crippen MR) is 88.6 cm³/mol. The summed E-state index contributed by atoms with van der Waals surface area (Å²) in [6, 6.07) is 13.7. The van der Waals surface area contributed by atoms with Crippen molar-refractivity contribution in [1.29, 1.82) is 0 Å². The van der Waals surface area contributed by atoms with Crippen LogP contribution in [0.4, 0.5) is 5.69 Å². The van der Waals surface area contributed by atoms with E-state index in [2.05, 4.69) is 27.8 Å². The van der Waals surface area contributed by atoms with Crippen LogP contribution in [0.25, 0.3) is 0 Å². The van der Waals surface area contributed by atoms with Gasteiger partial charge in [-0.25, -0.2) is 0 Å². The highest BCUT2D eigenvalue weighted by molar-refractivity contribution is 9.10. The molecule has 4 heteroatoms. The summed E-state index contributed by atoms with van der Waals surface area (Å²) in [4.78, 5) is 0. The van der Waals surface area contributed by atoms with Crippen molar-refractivity contribution in [1.82, 2.24) is 0 Å². The second-order valence-electron chi connectivity index (χ2n) is 4.22. The Kier molecular flexibility index (Phi) is 5.50. The van der Waals surface area contributed by atoms with Gasteiger partial charge in [0, 0.05) is 11.0 Å². The fourth-order valence-corrected chi connectivity index (χ4v) is 2.43. The molecule has 104 valence electrons. The average Bonchev–Trinajstić information content (AvgIpc) is 2.45. The van der Waals surface area contributed by atoms with Crippen LogP contribution < -0.4 is 10.1 Å². The van der Waals surface area contributed by atoms with Crippen molar-refractivity contribution >= 4 is 33.2 Å². The van der Waals surface area contributed by atoms with Gasteiger partial charge in [-0.3, -0.25) is 0 Å². The van der Waals surface area contributed by atoms with Crippen molar-refractivity contribution in [2.24, 2.45) is 0 Å². The molecule has 0 bridgehead atoms. The number of rotatable bonds is 6. The topological polar surface area (TPSA) is 21.3 Å². The smallest absolute Gasteiger partial charge is 0.119 e. The molecular formula is C16H15BrClNO. The Morgan fingerprint density at radius 2 is 1.95 bits per heavy atom. The number of halogens is 2. The van der Waals surface area contributed by atoms with Crippen LogP contribution in [0.1, 0.15) is 5.56 Å². The molecular weight excluding hydrogens is 338 g/mol. The van der Waals surface area contributed by atoms with Gasteiger partial charge in [0.05, 0.1) is 10.7 Å². The Balaban J connectivity index is 1.95. The lowest BCUT2D eigenvalue weighted by atomic mass is 10.2. The third kappa shape index (κ3) is 4.29. The van der Waals surface area contributed by atoms with E-state index in [1.54, 1.807) is 6.08 Å². The molecule has 2 aromatic carbocycles. The number of ether oxygens (including phenoxy) is 1. The van der Waals surface area contributed by atoms with E-state index < -0.39 is 0 Å². The van der Waals surface area contributed by atoms with E-state index in [9.17, 15) is 0 Å². The number of benzene rings is 2. The second kappa shape index (κ2) is 7.36. The highest BCUT2D eigenvalue weighted by atomic mass is 79.9. The quantitative estimate of drug-likeness (QED) is 0.714. The predicted octanol–water partition coefficient (Wildman–Crippen LogP) is 5.28. The molecule has 0 atom stereocenters. The van der Waals surface area contributed by atoms with Crippen molar-refractivity contribution in [3.05, 3.63) is 70.2 Å². The summed E-state index contributed by atoms with van der Waals surface area (Å²) in [7, 11) is 0. The minimum atomic E-state index is 0.520. The van der Waals surface area contributed by atoms with Crippen LogP contribution in [0.2, 0.25) is 5.02 Å². The monoisotopic (exact) mass is 351 g/mol. The molecule has 0 amide bonds. The van der Waals surface area contributed by atoms with Crippen molar-refractivity contribution < 1.29 is 4.74 Å². The Labute approximate surface area is 132 Å². The fraction of sp³-hybridized carbons (Fsp3) is 0.125. The fourth-order valence-electron chi connectivity index (χ4n) is 1.69. The van der Waals surface area contributed by atoms with Gasteiger partial charge in [0.2, 0.25) is 0 Å². The first-order valence-corrected chi connectivity index (χ1v) is 7.37. The lowest BCUT2D eigenvalue weighted by Crippen LogP contribution is -2.00. The van der Waals surface area contributed by atoms with Gasteiger partial charge in [-0.15, -0.1) is 0 Å². The van der Waals surface area contributed by atoms with Crippen molar-refractivity contribution in [2.75, 3.05) is 11.9 Å². The third-order valence-electron chi connectivity index (χ3n) is 2.71. The Morgan fingerprint density at radius 1 is 1.20 bits per heavy atom. The van der Waals surface area contributed by atoms with Crippen molar-refractivity contribution in [2.45, 2.75) is 6.54 Å². The maximum atomic E-state index is 6.16. The summed E-state index contributed by atoms with van der Waals surface area (Å²) in [6.07, 6.45) is 1.73. The normalized spacial score (nSPS) is 10.1. The molecule has 0 spiro atoms. The molecule has 2 rings (SSSR count). The lowest BCUT2D eigenvalue weighted by molar-refractivity contribution is 0.363. The summed E-state index contributed by atoms with van der Waals surface area (Å²) in [6.45, 7) is 4.85. The van der Waals surface area contributed by atoms with Gasteiger partial charge in [0.1, 0.15) is 12.4 Å². The summed E-state index contributed by atoms with van der Waals surface area (Å²) in [5.41, 5.74) is 2.08. The van der Waals surface area contributed by atoms with Crippen LogP contribution in [-0.4, -0.2) is 6.61 Å². The van der Waals surface area contributed by atoms with Gasteiger partial charge < -0.3 is 10.1 Å². The Bertz CT molecular complexity index is 584. The molecule has 0 unspecified atom stereocenters. The van der Waals surface area contributed by atoms with E-state index in [0.717, 1.165) is 21.5 Å². The zero-order valence-electron chi connectivity index (χ0n) is 10.9. The molecule has 0 aromatic heterocycles. The van der Waals surface area contributed by atoms with Gasteiger partial charge in [-0.2, -0.15) is 0 Å². The SMILES string of the molecule is C=CCOc1ccc(CNc2ccc(Br)cc2Cl)cc1. The molecule has 0 fully saturated rings. The standard InChI is InChI=1S/C16H15BrClNO/c1-2-9-20-14-6-3-12(4-7-14)11-19-16-8-5-13(17)10-15(16)18/h2-8,10,19H,1,9,11H2. The van der Waals surface area contributed by atoms with Crippen molar-refractivity contribution in [3.63, 3.8) is 0 Å². The van der Waals surface area contributed by atoms with E-state index >= 15 is 0 Å². The molecule has 1 N–H and O–H groups in total. The number of nitrogens with one attached hydrogen (secondary N) is 1. The zero-order valence-corrected chi connectivity index (χ0v) is 13.2. The minimum Gasteiger partial charge on any atom is -0.490 e. The molecule has 0 saturated carbocycles. The maximum Gasteiger partial charge on any atom is 0.119 e. The molecule has 2 aromatic rings. The summed E-state index contributed by atoms with van der Waals surface area (Å²) in [5.74, 6) is 0.843. The first-order valence-electron chi connectivity index (χ1n) is 6.20. The highest BCUT2D eigenvalue weighted by Gasteiger charge is 2.01. The summed E-state index contributed by atoms with van der Waals surface area (Å²) in [5, 5.41) is 4.01. The van der Waals surface area contributed by atoms with Gasteiger partial charge in [0.15, 0.2) is 0 Å². The highest BCUT2D eigenvalue weighted by Crippen LogP contribution is 2.26. The van der Waals surface area contributed by atoms with Crippen LogP contribution in [0.15, 0.2) is 59.6 Å². The lowest BCUT2D eigenvalue weighted by Gasteiger charge is -2.09. The zero-order chi connectivity index (χ0) is 14.4. The molecule has 20 heavy (non-hydrogen) atoms. The van der Waals surface area contributed by atoms with Crippen LogP contribution in [0.3, 0.4) is 0 Å². The molecule has 0 aliphatic carbocycles. The molecule has 0 heterocycles. The second-order valence-corrected chi connectivity index (χ2v) is 5.54. The van der Waals surface area contributed by atoms with E-state index in [1.807, 2.05) is 42.5 Å². The summed E-state index contributed by atoms with van der Waals surface area (Å²) >= 11 is 9.54. The Hall–Kier alpha value is -1.45. The van der Waals surface area contributed by atoms with E-state index in [0.29, 0.717) is 18.2 Å².